The van der Waals surface area contributed by atoms with Gasteiger partial charge in [-0.3, -0.25) is 9.52 Å². The first-order chi connectivity index (χ1) is 19.2. The minimum Gasteiger partial charge on any atom is -0.497 e. The smallest absolute Gasteiger partial charge is 0.248 e. The number of aryl methyl sites for hydroxylation is 1. The summed E-state index contributed by atoms with van der Waals surface area (Å²) >= 11 is 0. The van der Waals surface area contributed by atoms with Crippen molar-refractivity contribution in [2.24, 2.45) is 0 Å². The van der Waals surface area contributed by atoms with Crippen LogP contribution in [0.1, 0.15) is 49.5 Å². The second-order valence-electron chi connectivity index (χ2n) is 10.0. The van der Waals surface area contributed by atoms with Crippen molar-refractivity contribution >= 4 is 38.0 Å². The van der Waals surface area contributed by atoms with E-state index in [0.29, 0.717) is 29.3 Å². The van der Waals surface area contributed by atoms with Gasteiger partial charge in [0.15, 0.2) is 5.82 Å². The van der Waals surface area contributed by atoms with Crippen LogP contribution in [0.15, 0.2) is 77.3 Å². The Hall–Kier alpha value is -4.11. The minimum absolute atomic E-state index is 0.0593. The summed E-state index contributed by atoms with van der Waals surface area (Å²) in [5.41, 5.74) is 1.88. The molecule has 0 bridgehead atoms. The zero-order chi connectivity index (χ0) is 28.3. The number of ether oxygens (including phenoxy) is 2. The number of aromatic nitrogens is 1. The normalized spacial score (nSPS) is 17.5. The number of rotatable bonds is 10. The number of nitrogens with one attached hydrogen (secondary N) is 1. The zero-order valence-corrected chi connectivity index (χ0v) is 23.6. The summed E-state index contributed by atoms with van der Waals surface area (Å²) in [5, 5.41) is 5.75. The maximum atomic E-state index is 14.2. The lowest BCUT2D eigenvalue weighted by Gasteiger charge is -2.34. The van der Waals surface area contributed by atoms with Crippen molar-refractivity contribution in [2.75, 3.05) is 18.4 Å². The van der Waals surface area contributed by atoms with Gasteiger partial charge >= 0.3 is 0 Å². The molecule has 9 heteroatoms. The molecule has 0 saturated carbocycles. The van der Waals surface area contributed by atoms with Gasteiger partial charge in [-0.25, -0.2) is 8.42 Å². The fourth-order valence-corrected chi connectivity index (χ4v) is 6.66. The van der Waals surface area contributed by atoms with E-state index in [4.69, 9.17) is 14.0 Å². The highest BCUT2D eigenvalue weighted by molar-refractivity contribution is 7.93. The molecular weight excluding hydrogens is 528 g/mol. The maximum absolute atomic E-state index is 14.2. The van der Waals surface area contributed by atoms with Crippen molar-refractivity contribution < 1.29 is 27.2 Å². The van der Waals surface area contributed by atoms with Crippen LogP contribution in [0.4, 0.5) is 5.82 Å². The predicted octanol–water partition coefficient (Wildman–Crippen LogP) is 6.41. The fourth-order valence-electron chi connectivity index (χ4n) is 5.01. The average Bonchev–Trinajstić information content (AvgIpc) is 3.36. The van der Waals surface area contributed by atoms with Gasteiger partial charge in [-0.1, -0.05) is 54.9 Å². The standard InChI is InChI=1S/C31H32N2O6S/c1-4-5-14-38-28-12-9-26(10-13-28)31(40(35,36)33-30-15-21(2)39-32-30)19-25(17-27(34)20-31)23-6-7-24-18-29(37-3)11-8-22(24)16-23/h6-13,15-16,18-19H,4-5,14,17,20H2,1-3H3,(H,32,33). The second kappa shape index (κ2) is 11.2. The quantitative estimate of drug-likeness (QED) is 0.223. The van der Waals surface area contributed by atoms with Gasteiger partial charge in [-0.05, 0) is 71.1 Å². The number of fused-ring (bicyclic) bond motifs is 1. The first kappa shape index (κ1) is 27.5. The van der Waals surface area contributed by atoms with E-state index in [0.717, 1.165) is 34.9 Å². The number of carbonyl (C=O) groups is 1. The number of sulfonamides is 1. The van der Waals surface area contributed by atoms with E-state index in [1.165, 1.54) is 6.07 Å². The number of benzene rings is 3. The van der Waals surface area contributed by atoms with E-state index in [2.05, 4.69) is 16.8 Å². The van der Waals surface area contributed by atoms with Gasteiger partial charge in [0.05, 0.1) is 13.7 Å². The highest BCUT2D eigenvalue weighted by Gasteiger charge is 2.48. The van der Waals surface area contributed by atoms with Gasteiger partial charge in [0.25, 0.3) is 0 Å². The summed E-state index contributed by atoms with van der Waals surface area (Å²) in [5.74, 6) is 1.72. The van der Waals surface area contributed by atoms with Crippen LogP contribution in [-0.2, 0) is 19.6 Å². The van der Waals surface area contributed by atoms with Crippen molar-refractivity contribution in [3.05, 3.63) is 89.7 Å². The summed E-state index contributed by atoms with van der Waals surface area (Å²) in [6, 6.07) is 20.0. The summed E-state index contributed by atoms with van der Waals surface area (Å²) in [6.45, 7) is 4.33. The molecule has 0 radical (unpaired) electrons. The monoisotopic (exact) mass is 560 g/mol. The molecule has 40 heavy (non-hydrogen) atoms. The highest BCUT2D eigenvalue weighted by Crippen LogP contribution is 2.44. The number of hydrogen-bond donors (Lipinski definition) is 1. The number of hydrogen-bond acceptors (Lipinski definition) is 7. The molecule has 0 aliphatic heterocycles. The molecule has 1 heterocycles. The molecular formula is C31H32N2O6S. The Labute approximate surface area is 234 Å². The molecule has 0 amide bonds. The number of allylic oxidation sites excluding steroid dienone is 1. The number of carbonyl (C=O) groups excluding carboxylic acids is 1. The molecule has 1 aromatic heterocycles. The lowest BCUT2D eigenvalue weighted by Crippen LogP contribution is -2.42. The first-order valence-corrected chi connectivity index (χ1v) is 14.7. The molecule has 1 aliphatic carbocycles. The van der Waals surface area contributed by atoms with E-state index in [1.54, 1.807) is 44.4 Å². The Morgan fingerprint density at radius 2 is 1.73 bits per heavy atom. The van der Waals surface area contributed by atoms with Crippen LogP contribution < -0.4 is 14.2 Å². The van der Waals surface area contributed by atoms with Crippen LogP contribution in [-0.4, -0.2) is 33.1 Å². The Kier molecular flexibility index (Phi) is 7.67. The lowest BCUT2D eigenvalue weighted by molar-refractivity contribution is -0.118. The number of unbranched alkanes of at least 4 members (excludes halogenated alkanes) is 1. The van der Waals surface area contributed by atoms with Gasteiger partial charge in [0.2, 0.25) is 10.0 Å². The van der Waals surface area contributed by atoms with Crippen LogP contribution in [0.2, 0.25) is 0 Å². The molecule has 4 aromatic rings. The van der Waals surface area contributed by atoms with Gasteiger partial charge in [-0.15, -0.1) is 0 Å². The van der Waals surface area contributed by atoms with Crippen LogP contribution in [0.25, 0.3) is 16.3 Å². The van der Waals surface area contributed by atoms with Crippen molar-refractivity contribution in [3.63, 3.8) is 0 Å². The summed E-state index contributed by atoms with van der Waals surface area (Å²) in [7, 11) is -2.61. The highest BCUT2D eigenvalue weighted by atomic mass is 32.2. The van der Waals surface area contributed by atoms with E-state index in [-0.39, 0.29) is 24.4 Å². The second-order valence-corrected chi connectivity index (χ2v) is 12.0. The minimum atomic E-state index is -4.22. The Morgan fingerprint density at radius 1 is 1.00 bits per heavy atom. The maximum Gasteiger partial charge on any atom is 0.248 e. The topological polar surface area (TPSA) is 108 Å². The average molecular weight is 561 g/mol. The number of anilines is 1. The molecule has 208 valence electrons. The Balaban J connectivity index is 1.62. The van der Waals surface area contributed by atoms with Crippen molar-refractivity contribution in [1.82, 2.24) is 5.16 Å². The molecule has 8 nitrogen and oxygen atoms in total. The summed E-state index contributed by atoms with van der Waals surface area (Å²) < 4.78 is 45.4. The van der Waals surface area contributed by atoms with Gasteiger partial charge in [0, 0.05) is 18.9 Å². The van der Waals surface area contributed by atoms with Gasteiger partial charge < -0.3 is 14.0 Å². The van der Waals surface area contributed by atoms with Crippen molar-refractivity contribution in [3.8, 4) is 11.5 Å². The Morgan fingerprint density at radius 3 is 2.42 bits per heavy atom. The zero-order valence-electron chi connectivity index (χ0n) is 22.8. The molecule has 1 N–H and O–H groups in total. The van der Waals surface area contributed by atoms with Crippen molar-refractivity contribution in [1.29, 1.82) is 0 Å². The fraction of sp³-hybridized carbons (Fsp3) is 0.290. The molecule has 5 rings (SSSR count). The van der Waals surface area contributed by atoms with E-state index < -0.39 is 14.8 Å². The number of ketones is 1. The summed E-state index contributed by atoms with van der Waals surface area (Å²) in [6.07, 6.45) is 3.54. The van der Waals surface area contributed by atoms with Gasteiger partial charge in [-0.2, -0.15) is 0 Å². The van der Waals surface area contributed by atoms with Crippen LogP contribution in [0.3, 0.4) is 0 Å². The molecule has 3 aromatic carbocycles. The predicted molar refractivity (Wildman–Crippen MR) is 155 cm³/mol. The summed E-state index contributed by atoms with van der Waals surface area (Å²) in [4.78, 5) is 13.3. The van der Waals surface area contributed by atoms with E-state index >= 15 is 0 Å². The molecule has 0 fully saturated rings. The molecule has 1 unspecified atom stereocenters. The van der Waals surface area contributed by atoms with Crippen LogP contribution >= 0.6 is 0 Å². The molecule has 0 spiro atoms. The van der Waals surface area contributed by atoms with Crippen LogP contribution in [0, 0.1) is 6.92 Å². The number of nitrogens with zero attached hydrogens (tertiary/aromatic N) is 1. The number of methoxy groups -OCH3 is 1. The largest absolute Gasteiger partial charge is 0.497 e. The van der Waals surface area contributed by atoms with E-state index in [9.17, 15) is 13.2 Å². The third-order valence-electron chi connectivity index (χ3n) is 7.13. The third kappa shape index (κ3) is 5.47. The SMILES string of the molecule is CCCCOc1ccc(C2(S(=O)(=O)Nc3cc(C)on3)C=C(c3ccc4cc(OC)ccc4c3)CC(=O)C2)cc1. The third-order valence-corrected chi connectivity index (χ3v) is 9.06. The number of Topliss-reactive ketones (excluding diaryl/α,β-unsaturated/α-hetero) is 1. The molecule has 1 aliphatic rings. The Bertz CT molecular complexity index is 1670. The van der Waals surface area contributed by atoms with Crippen LogP contribution in [0.5, 0.6) is 11.5 Å². The lowest BCUT2D eigenvalue weighted by atomic mass is 9.81. The molecule has 1 atom stereocenters. The molecule has 0 saturated heterocycles. The van der Waals surface area contributed by atoms with Gasteiger partial charge in [0.1, 0.15) is 27.8 Å². The van der Waals surface area contributed by atoms with Crippen molar-refractivity contribution in [2.45, 2.75) is 44.3 Å². The van der Waals surface area contributed by atoms with E-state index in [1.807, 2.05) is 36.4 Å². The first-order valence-electron chi connectivity index (χ1n) is 13.2.